The SMILES string of the molecule is Cc1ccc(OCCNC(=S)NC(=O)C23CC4CC(CC(C4)C2)C3)cc1. The van der Waals surface area contributed by atoms with Crippen molar-refractivity contribution in [2.45, 2.75) is 45.4 Å². The molecule has 5 rings (SSSR count). The second-order valence-electron chi connectivity index (χ2n) is 8.57. The Kier molecular flexibility index (Phi) is 4.91. The van der Waals surface area contributed by atoms with Crippen LogP contribution in [0.2, 0.25) is 0 Å². The molecular formula is C21H28N2O2S. The van der Waals surface area contributed by atoms with E-state index < -0.39 is 0 Å². The lowest BCUT2D eigenvalue weighted by Gasteiger charge is -2.55. The Hall–Kier alpha value is -1.62. The molecule has 1 aromatic rings. The van der Waals surface area contributed by atoms with Crippen LogP contribution in [0.25, 0.3) is 0 Å². The molecule has 4 bridgehead atoms. The molecule has 0 saturated heterocycles. The molecule has 26 heavy (non-hydrogen) atoms. The lowest BCUT2D eigenvalue weighted by atomic mass is 9.49. The molecule has 2 N–H and O–H groups in total. The Morgan fingerprint density at radius 1 is 1.12 bits per heavy atom. The van der Waals surface area contributed by atoms with Crippen molar-refractivity contribution >= 4 is 23.2 Å². The van der Waals surface area contributed by atoms with E-state index in [2.05, 4.69) is 17.6 Å². The fourth-order valence-electron chi connectivity index (χ4n) is 5.64. The molecule has 5 heteroatoms. The summed E-state index contributed by atoms with van der Waals surface area (Å²) < 4.78 is 5.68. The van der Waals surface area contributed by atoms with Crippen LogP contribution >= 0.6 is 12.2 Å². The maximum atomic E-state index is 12.9. The number of hydrogen-bond acceptors (Lipinski definition) is 3. The van der Waals surface area contributed by atoms with Crippen LogP contribution < -0.4 is 15.4 Å². The van der Waals surface area contributed by atoms with Crippen molar-refractivity contribution in [1.29, 1.82) is 0 Å². The molecule has 4 fully saturated rings. The van der Waals surface area contributed by atoms with Gasteiger partial charge >= 0.3 is 0 Å². The standard InChI is InChI=1S/C21H28N2O2S/c1-14-2-4-18(5-3-14)25-7-6-22-20(26)23-19(24)21-11-15-8-16(12-21)10-17(9-15)13-21/h2-5,15-17H,6-13H2,1H3,(H2,22,23,24,26). The molecule has 1 aromatic carbocycles. The minimum absolute atomic E-state index is 0.147. The van der Waals surface area contributed by atoms with Gasteiger partial charge < -0.3 is 15.4 Å². The van der Waals surface area contributed by atoms with Crippen LogP contribution in [0.4, 0.5) is 0 Å². The molecule has 0 radical (unpaired) electrons. The van der Waals surface area contributed by atoms with Crippen LogP contribution in [0.15, 0.2) is 24.3 Å². The lowest BCUT2D eigenvalue weighted by molar-refractivity contribution is -0.144. The van der Waals surface area contributed by atoms with Gasteiger partial charge in [0.2, 0.25) is 5.91 Å². The zero-order valence-electron chi connectivity index (χ0n) is 15.4. The fourth-order valence-corrected chi connectivity index (χ4v) is 5.83. The van der Waals surface area contributed by atoms with Crippen LogP contribution in [-0.2, 0) is 4.79 Å². The first-order chi connectivity index (χ1) is 12.5. The quantitative estimate of drug-likeness (QED) is 0.613. The summed E-state index contributed by atoms with van der Waals surface area (Å²) in [7, 11) is 0. The van der Waals surface area contributed by atoms with Gasteiger partial charge in [-0.15, -0.1) is 0 Å². The van der Waals surface area contributed by atoms with E-state index in [-0.39, 0.29) is 11.3 Å². The molecule has 0 heterocycles. The monoisotopic (exact) mass is 372 g/mol. The van der Waals surface area contributed by atoms with Gasteiger partial charge in [0.25, 0.3) is 0 Å². The first-order valence-corrected chi connectivity index (χ1v) is 10.2. The van der Waals surface area contributed by atoms with Gasteiger partial charge in [0.15, 0.2) is 5.11 Å². The van der Waals surface area contributed by atoms with Crippen LogP contribution in [0, 0.1) is 30.1 Å². The Labute approximate surface area is 161 Å². The molecule has 140 valence electrons. The van der Waals surface area contributed by atoms with Crippen molar-refractivity contribution in [3.63, 3.8) is 0 Å². The molecule has 0 spiro atoms. The average Bonchev–Trinajstić information content (AvgIpc) is 2.59. The molecule has 0 aliphatic heterocycles. The summed E-state index contributed by atoms with van der Waals surface area (Å²) in [6, 6.07) is 7.98. The maximum Gasteiger partial charge on any atom is 0.232 e. The number of carbonyl (C=O) groups is 1. The third kappa shape index (κ3) is 3.73. The first kappa shape index (κ1) is 17.8. The zero-order chi connectivity index (χ0) is 18.1. The van der Waals surface area contributed by atoms with Crippen molar-refractivity contribution in [2.24, 2.45) is 23.2 Å². The molecule has 0 atom stereocenters. The van der Waals surface area contributed by atoms with E-state index in [1.807, 2.05) is 24.3 Å². The Bertz CT molecular complexity index is 650. The van der Waals surface area contributed by atoms with Crippen LogP contribution in [-0.4, -0.2) is 24.2 Å². The van der Waals surface area contributed by atoms with Gasteiger partial charge in [-0.25, -0.2) is 0 Å². The zero-order valence-corrected chi connectivity index (χ0v) is 16.2. The number of thiocarbonyl (C=S) groups is 1. The lowest BCUT2D eigenvalue weighted by Crippen LogP contribution is -2.55. The third-order valence-electron chi connectivity index (χ3n) is 6.42. The molecule has 1 amide bonds. The van der Waals surface area contributed by atoms with Gasteiger partial charge in [-0.05, 0) is 87.6 Å². The number of rotatable bonds is 5. The number of ether oxygens (including phenoxy) is 1. The highest BCUT2D eigenvalue weighted by atomic mass is 32.1. The van der Waals surface area contributed by atoms with Gasteiger partial charge in [-0.3, -0.25) is 4.79 Å². The second kappa shape index (κ2) is 7.18. The maximum absolute atomic E-state index is 12.9. The van der Waals surface area contributed by atoms with Crippen molar-refractivity contribution in [1.82, 2.24) is 10.6 Å². The van der Waals surface area contributed by atoms with Crippen LogP contribution in [0.1, 0.15) is 44.1 Å². The van der Waals surface area contributed by atoms with Crippen molar-refractivity contribution < 1.29 is 9.53 Å². The summed E-state index contributed by atoms with van der Waals surface area (Å²) in [5, 5.41) is 6.50. The number of nitrogens with one attached hydrogen (secondary N) is 2. The third-order valence-corrected chi connectivity index (χ3v) is 6.67. The van der Waals surface area contributed by atoms with Gasteiger partial charge in [-0.1, -0.05) is 17.7 Å². The first-order valence-electron chi connectivity index (χ1n) is 9.81. The number of carbonyl (C=O) groups excluding carboxylic acids is 1. The number of amides is 1. The minimum Gasteiger partial charge on any atom is -0.492 e. The fraction of sp³-hybridized carbons (Fsp3) is 0.619. The van der Waals surface area contributed by atoms with E-state index in [0.717, 1.165) is 42.8 Å². The summed E-state index contributed by atoms with van der Waals surface area (Å²) in [4.78, 5) is 12.9. The summed E-state index contributed by atoms with van der Waals surface area (Å²) in [5.41, 5.74) is 1.06. The van der Waals surface area contributed by atoms with E-state index in [9.17, 15) is 4.79 Å². The summed E-state index contributed by atoms with van der Waals surface area (Å²) >= 11 is 5.33. The summed E-state index contributed by atoms with van der Waals surface area (Å²) in [6.07, 6.45) is 7.20. The average molecular weight is 373 g/mol. The molecule has 4 saturated carbocycles. The molecular weight excluding hydrogens is 344 g/mol. The summed E-state index contributed by atoms with van der Waals surface area (Å²) in [6.45, 7) is 3.14. The largest absolute Gasteiger partial charge is 0.492 e. The van der Waals surface area contributed by atoms with E-state index in [0.29, 0.717) is 18.3 Å². The van der Waals surface area contributed by atoms with Crippen LogP contribution in [0.3, 0.4) is 0 Å². The highest BCUT2D eigenvalue weighted by Crippen LogP contribution is 2.60. The van der Waals surface area contributed by atoms with Gasteiger partial charge in [0.1, 0.15) is 12.4 Å². The van der Waals surface area contributed by atoms with E-state index >= 15 is 0 Å². The van der Waals surface area contributed by atoms with Crippen molar-refractivity contribution in [2.75, 3.05) is 13.2 Å². The van der Waals surface area contributed by atoms with Crippen molar-refractivity contribution in [3.05, 3.63) is 29.8 Å². The Morgan fingerprint density at radius 2 is 1.69 bits per heavy atom. The van der Waals surface area contributed by atoms with Gasteiger partial charge in [-0.2, -0.15) is 0 Å². The smallest absolute Gasteiger partial charge is 0.232 e. The number of hydrogen-bond donors (Lipinski definition) is 2. The Morgan fingerprint density at radius 3 is 2.27 bits per heavy atom. The van der Waals surface area contributed by atoms with Crippen molar-refractivity contribution in [3.8, 4) is 5.75 Å². The predicted octanol–water partition coefficient (Wildman–Crippen LogP) is 3.58. The van der Waals surface area contributed by atoms with E-state index in [1.165, 1.54) is 24.8 Å². The summed E-state index contributed by atoms with van der Waals surface area (Å²) in [5.74, 6) is 3.28. The topological polar surface area (TPSA) is 50.4 Å². The highest BCUT2D eigenvalue weighted by Gasteiger charge is 2.54. The second-order valence-corrected chi connectivity index (χ2v) is 8.98. The minimum atomic E-state index is -0.154. The number of benzene rings is 1. The van der Waals surface area contributed by atoms with E-state index in [1.54, 1.807) is 0 Å². The van der Waals surface area contributed by atoms with Gasteiger partial charge in [0.05, 0.1) is 12.0 Å². The number of aryl methyl sites for hydroxylation is 1. The Balaban J connectivity index is 1.22. The molecule has 0 aromatic heterocycles. The molecule has 4 aliphatic carbocycles. The molecule has 4 aliphatic rings. The van der Waals surface area contributed by atoms with Crippen LogP contribution in [0.5, 0.6) is 5.75 Å². The predicted molar refractivity (Wildman–Crippen MR) is 106 cm³/mol. The molecule has 4 nitrogen and oxygen atoms in total. The normalized spacial score (nSPS) is 31.5. The van der Waals surface area contributed by atoms with Gasteiger partial charge in [0, 0.05) is 0 Å². The highest BCUT2D eigenvalue weighted by molar-refractivity contribution is 7.80. The van der Waals surface area contributed by atoms with E-state index in [4.69, 9.17) is 17.0 Å². The molecule has 0 unspecified atom stereocenters.